The van der Waals surface area contributed by atoms with E-state index in [4.69, 9.17) is 15.1 Å². The molecule has 0 N–H and O–H groups in total. The predicted molar refractivity (Wildman–Crippen MR) is 53.7 cm³/mol. The van der Waals surface area contributed by atoms with E-state index in [1.165, 1.54) is 4.68 Å². The molecule has 2 rings (SSSR count). The summed E-state index contributed by atoms with van der Waals surface area (Å²) in [7, 11) is 10.5. The van der Waals surface area contributed by atoms with Crippen molar-refractivity contribution in [3.05, 3.63) is 43.6 Å². The molecule has 2 aromatic rings. The van der Waals surface area contributed by atoms with Crippen molar-refractivity contribution in [1.82, 2.24) is 9.78 Å². The SMILES string of the molecule is [B]Oc1cccc(-c2ccn([CH])n2)c1. The van der Waals surface area contributed by atoms with Gasteiger partial charge < -0.3 is 4.65 Å². The second kappa shape index (κ2) is 3.58. The Morgan fingerprint density at radius 3 is 2.86 bits per heavy atom. The van der Waals surface area contributed by atoms with Gasteiger partial charge in [-0.2, -0.15) is 5.10 Å². The first-order valence-corrected chi connectivity index (χ1v) is 4.07. The van der Waals surface area contributed by atoms with Crippen molar-refractivity contribution >= 4 is 8.05 Å². The van der Waals surface area contributed by atoms with Crippen molar-refractivity contribution in [1.29, 1.82) is 0 Å². The molecule has 0 spiro atoms. The van der Waals surface area contributed by atoms with Crippen LogP contribution >= 0.6 is 0 Å². The molecule has 1 aromatic carbocycles. The van der Waals surface area contributed by atoms with E-state index in [9.17, 15) is 0 Å². The van der Waals surface area contributed by atoms with Gasteiger partial charge in [0.1, 0.15) is 7.05 Å². The highest BCUT2D eigenvalue weighted by Crippen LogP contribution is 2.21. The van der Waals surface area contributed by atoms with Gasteiger partial charge in [-0.25, -0.2) is 0 Å². The quantitative estimate of drug-likeness (QED) is 0.658. The molecule has 4 radical (unpaired) electrons. The summed E-state index contributed by atoms with van der Waals surface area (Å²) in [5, 5.41) is 4.05. The van der Waals surface area contributed by atoms with Crippen molar-refractivity contribution in [2.45, 2.75) is 0 Å². The highest BCUT2D eigenvalue weighted by Gasteiger charge is 2.01. The standard InChI is InChI=1S/C10H7BN2O/c1-13-6-5-10(12-13)8-3-2-4-9(7-8)14-11/h1-7H. The lowest BCUT2D eigenvalue weighted by molar-refractivity contribution is 0.616. The van der Waals surface area contributed by atoms with Crippen LogP contribution in [0.4, 0.5) is 0 Å². The molecule has 0 saturated carbocycles. The van der Waals surface area contributed by atoms with Gasteiger partial charge in [0.05, 0.1) is 11.4 Å². The smallest absolute Gasteiger partial charge is 0.374 e. The summed E-state index contributed by atoms with van der Waals surface area (Å²) in [6.07, 6.45) is 1.67. The van der Waals surface area contributed by atoms with Gasteiger partial charge >= 0.3 is 8.05 Å². The minimum Gasteiger partial charge on any atom is -0.568 e. The van der Waals surface area contributed by atoms with Crippen molar-refractivity contribution in [2.24, 2.45) is 0 Å². The third-order valence-corrected chi connectivity index (χ3v) is 1.87. The molecule has 0 aliphatic carbocycles. The van der Waals surface area contributed by atoms with Crippen molar-refractivity contribution in [3.63, 3.8) is 0 Å². The van der Waals surface area contributed by atoms with Crippen LogP contribution in [0.3, 0.4) is 0 Å². The molecule has 0 unspecified atom stereocenters. The minimum absolute atomic E-state index is 0.592. The van der Waals surface area contributed by atoms with Gasteiger partial charge in [-0.1, -0.05) is 12.1 Å². The summed E-state index contributed by atoms with van der Waals surface area (Å²) in [5.74, 6) is 0.592. The largest absolute Gasteiger partial charge is 0.568 e. The van der Waals surface area contributed by atoms with Gasteiger partial charge in [-0.3, -0.25) is 4.68 Å². The second-order valence-corrected chi connectivity index (χ2v) is 2.83. The van der Waals surface area contributed by atoms with E-state index >= 15 is 0 Å². The van der Waals surface area contributed by atoms with E-state index in [2.05, 4.69) is 9.75 Å². The molecule has 0 atom stereocenters. The van der Waals surface area contributed by atoms with E-state index in [0.29, 0.717) is 5.75 Å². The summed E-state index contributed by atoms with van der Waals surface area (Å²) < 4.78 is 5.87. The lowest BCUT2D eigenvalue weighted by Gasteiger charge is -2.01. The Kier molecular flexibility index (Phi) is 2.27. The van der Waals surface area contributed by atoms with Crippen LogP contribution in [-0.2, 0) is 0 Å². The van der Waals surface area contributed by atoms with Gasteiger partial charge in [0, 0.05) is 11.8 Å². The zero-order valence-corrected chi connectivity index (χ0v) is 7.42. The average Bonchev–Trinajstić information content (AvgIpc) is 2.65. The molecule has 1 aromatic heterocycles. The van der Waals surface area contributed by atoms with E-state index in [1.807, 2.05) is 18.2 Å². The van der Waals surface area contributed by atoms with Crippen LogP contribution in [0.5, 0.6) is 5.75 Å². The number of benzene rings is 1. The van der Waals surface area contributed by atoms with Crippen LogP contribution in [0, 0.1) is 7.05 Å². The van der Waals surface area contributed by atoms with Crippen molar-refractivity contribution in [3.8, 4) is 17.0 Å². The first-order valence-electron chi connectivity index (χ1n) is 4.07. The molecule has 66 valence electrons. The van der Waals surface area contributed by atoms with Crippen LogP contribution in [0.25, 0.3) is 11.3 Å². The highest BCUT2D eigenvalue weighted by molar-refractivity contribution is 6.00. The van der Waals surface area contributed by atoms with Crippen LogP contribution in [0.15, 0.2) is 36.5 Å². The van der Waals surface area contributed by atoms with Gasteiger partial charge in [-0.15, -0.1) is 0 Å². The minimum atomic E-state index is 0.592. The summed E-state index contributed by atoms with van der Waals surface area (Å²) in [5.41, 5.74) is 1.70. The molecule has 0 saturated heterocycles. The fourth-order valence-electron chi connectivity index (χ4n) is 1.22. The average molecular weight is 182 g/mol. The molecule has 0 amide bonds. The molecular weight excluding hydrogens is 175 g/mol. The number of hydrogen-bond acceptors (Lipinski definition) is 2. The molecule has 0 fully saturated rings. The first-order chi connectivity index (χ1) is 6.79. The maximum Gasteiger partial charge on any atom is 0.374 e. The lowest BCUT2D eigenvalue weighted by Crippen LogP contribution is -1.87. The Bertz CT molecular complexity index is 439. The van der Waals surface area contributed by atoms with Gasteiger partial charge in [-0.05, 0) is 18.2 Å². The monoisotopic (exact) mass is 182 g/mol. The normalized spacial score (nSPS) is 10.1. The number of hydrogen-bond donors (Lipinski definition) is 0. The molecular formula is C10H7BN2O. The van der Waals surface area contributed by atoms with Gasteiger partial charge in [0.15, 0.2) is 0 Å². The zero-order valence-electron chi connectivity index (χ0n) is 7.42. The summed E-state index contributed by atoms with van der Waals surface area (Å²) in [6, 6.07) is 9.12. The molecule has 0 aliphatic rings. The summed E-state index contributed by atoms with van der Waals surface area (Å²) in [6.45, 7) is 0. The molecule has 0 bridgehead atoms. The molecule has 0 aliphatic heterocycles. The molecule has 14 heavy (non-hydrogen) atoms. The molecule has 4 heteroatoms. The lowest BCUT2D eigenvalue weighted by atomic mass is 10.1. The van der Waals surface area contributed by atoms with Gasteiger partial charge in [0.25, 0.3) is 0 Å². The highest BCUT2D eigenvalue weighted by atomic mass is 16.4. The molecule has 3 nitrogen and oxygen atoms in total. The fraction of sp³-hybridized carbons (Fsp3) is 0. The third kappa shape index (κ3) is 1.64. The Morgan fingerprint density at radius 2 is 2.21 bits per heavy atom. The zero-order chi connectivity index (χ0) is 9.97. The Balaban J connectivity index is 2.41. The van der Waals surface area contributed by atoms with Gasteiger partial charge in [0.2, 0.25) is 0 Å². The molecule has 1 heterocycles. The van der Waals surface area contributed by atoms with E-state index < -0.39 is 0 Å². The van der Waals surface area contributed by atoms with Crippen LogP contribution in [0.1, 0.15) is 0 Å². The van der Waals surface area contributed by atoms with E-state index in [0.717, 1.165) is 11.3 Å². The maximum atomic E-state index is 5.44. The third-order valence-electron chi connectivity index (χ3n) is 1.87. The van der Waals surface area contributed by atoms with E-state index in [-0.39, 0.29) is 0 Å². The Morgan fingerprint density at radius 1 is 1.36 bits per heavy atom. The number of aromatic nitrogens is 2. The topological polar surface area (TPSA) is 27.1 Å². The fourth-order valence-corrected chi connectivity index (χ4v) is 1.22. The number of rotatable bonds is 2. The van der Waals surface area contributed by atoms with Crippen LogP contribution in [-0.4, -0.2) is 17.8 Å². The second-order valence-electron chi connectivity index (χ2n) is 2.83. The Labute approximate surface area is 83.8 Å². The van der Waals surface area contributed by atoms with Crippen LogP contribution < -0.4 is 4.65 Å². The van der Waals surface area contributed by atoms with Crippen LogP contribution in [0.2, 0.25) is 0 Å². The van der Waals surface area contributed by atoms with E-state index in [1.54, 1.807) is 18.3 Å². The first kappa shape index (κ1) is 8.87. The maximum absolute atomic E-state index is 5.44. The Hall–Kier alpha value is -1.71. The van der Waals surface area contributed by atoms with Crippen molar-refractivity contribution in [2.75, 3.05) is 0 Å². The summed E-state index contributed by atoms with van der Waals surface area (Å²) in [4.78, 5) is 0. The summed E-state index contributed by atoms with van der Waals surface area (Å²) >= 11 is 0. The van der Waals surface area contributed by atoms with Crippen molar-refractivity contribution < 1.29 is 4.65 Å². The predicted octanol–water partition coefficient (Wildman–Crippen LogP) is 1.53. The number of nitrogens with zero attached hydrogens (tertiary/aromatic N) is 2.